The molecule has 1 atom stereocenters. The van der Waals surface area contributed by atoms with Crippen molar-refractivity contribution >= 4 is 29.2 Å². The Morgan fingerprint density at radius 2 is 1.90 bits per heavy atom. The van der Waals surface area contributed by atoms with Crippen LogP contribution in [0.15, 0.2) is 54.6 Å². The smallest absolute Gasteiger partial charge is 0.337 e. The molecule has 3 aromatic rings. The molecule has 2 fully saturated rings. The number of aromatic nitrogens is 1. The van der Waals surface area contributed by atoms with Gasteiger partial charge in [-0.1, -0.05) is 6.07 Å². The molecule has 0 bridgehead atoms. The summed E-state index contributed by atoms with van der Waals surface area (Å²) in [7, 11) is 1.31. The van der Waals surface area contributed by atoms with Gasteiger partial charge < -0.3 is 29.7 Å². The predicted octanol–water partition coefficient (Wildman–Crippen LogP) is 4.36. The van der Waals surface area contributed by atoms with E-state index in [4.69, 9.17) is 19.5 Å². The fourth-order valence-corrected chi connectivity index (χ4v) is 5.90. The summed E-state index contributed by atoms with van der Waals surface area (Å²) in [4.78, 5) is 45.9. The second-order valence-electron chi connectivity index (χ2n) is 11.7. The first-order valence-electron chi connectivity index (χ1n) is 16.0. The lowest BCUT2D eigenvalue weighted by molar-refractivity contribution is -0.128. The number of nitriles is 1. The van der Waals surface area contributed by atoms with Crippen molar-refractivity contribution in [2.45, 2.75) is 51.4 Å². The van der Waals surface area contributed by atoms with E-state index in [1.165, 1.54) is 19.2 Å². The molecule has 1 aromatic heterocycles. The lowest BCUT2D eigenvalue weighted by Gasteiger charge is -2.31. The minimum absolute atomic E-state index is 0.0285. The maximum atomic E-state index is 14.2. The van der Waals surface area contributed by atoms with E-state index in [1.807, 2.05) is 17.9 Å². The minimum atomic E-state index is -0.614. The van der Waals surface area contributed by atoms with Gasteiger partial charge in [-0.2, -0.15) is 5.26 Å². The van der Waals surface area contributed by atoms with Crippen LogP contribution in [0.5, 0.6) is 11.6 Å². The number of anilines is 2. The monoisotopic (exact) mass is 658 g/mol. The summed E-state index contributed by atoms with van der Waals surface area (Å²) in [6.07, 6.45) is 2.56. The number of nitrogens with zero attached hydrogens (tertiary/aromatic N) is 4. The van der Waals surface area contributed by atoms with Gasteiger partial charge in [0, 0.05) is 44.7 Å². The molecule has 1 unspecified atom stereocenters. The SMILES string of the molecule is CCN1C(=O)CCC1CNc1cc(C(=O)OC)ccc1NC(=O)CN1CCC(Oc2cccc(COc3ccc(C#N)cc3F)n2)CC1. The second-order valence-corrected chi connectivity index (χ2v) is 11.7. The number of methoxy groups -OCH3 is 1. The average Bonchev–Trinajstić information content (AvgIpc) is 3.46. The molecule has 13 heteroatoms. The zero-order valence-electron chi connectivity index (χ0n) is 27.0. The third-order valence-electron chi connectivity index (χ3n) is 8.44. The molecule has 2 aliphatic heterocycles. The van der Waals surface area contributed by atoms with Gasteiger partial charge in [-0.25, -0.2) is 14.2 Å². The van der Waals surface area contributed by atoms with Crippen LogP contribution in [-0.2, 0) is 20.9 Å². The Balaban J connectivity index is 1.11. The summed E-state index contributed by atoms with van der Waals surface area (Å²) in [6, 6.07) is 16.2. The molecule has 0 aliphatic carbocycles. The molecule has 2 aliphatic rings. The molecule has 3 heterocycles. The van der Waals surface area contributed by atoms with E-state index < -0.39 is 11.8 Å². The molecule has 0 saturated carbocycles. The van der Waals surface area contributed by atoms with Crippen LogP contribution in [-0.4, -0.2) is 84.5 Å². The van der Waals surface area contributed by atoms with E-state index in [0.717, 1.165) is 12.5 Å². The van der Waals surface area contributed by atoms with Crippen LogP contribution in [0.4, 0.5) is 15.8 Å². The number of amides is 2. The van der Waals surface area contributed by atoms with Gasteiger partial charge in [0.2, 0.25) is 17.7 Å². The zero-order chi connectivity index (χ0) is 34.0. The third-order valence-corrected chi connectivity index (χ3v) is 8.44. The molecule has 0 spiro atoms. The quantitative estimate of drug-likeness (QED) is 0.254. The number of likely N-dealkylation sites (N-methyl/N-ethyl adjacent to an activating group) is 1. The highest BCUT2D eigenvalue weighted by Gasteiger charge is 2.29. The highest BCUT2D eigenvalue weighted by Crippen LogP contribution is 2.27. The molecule has 12 nitrogen and oxygen atoms in total. The van der Waals surface area contributed by atoms with Gasteiger partial charge in [0.15, 0.2) is 11.6 Å². The summed E-state index contributed by atoms with van der Waals surface area (Å²) in [5.74, 6) is -0.689. The number of likely N-dealkylation sites (tertiary alicyclic amines) is 2. The Hall–Kier alpha value is -5.22. The van der Waals surface area contributed by atoms with Crippen molar-refractivity contribution in [2.24, 2.45) is 0 Å². The van der Waals surface area contributed by atoms with Gasteiger partial charge >= 0.3 is 5.97 Å². The Bertz CT molecular complexity index is 1670. The van der Waals surface area contributed by atoms with Crippen molar-refractivity contribution < 1.29 is 33.0 Å². The fraction of sp³-hybridized carbons (Fsp3) is 0.400. The first-order chi connectivity index (χ1) is 23.3. The molecule has 2 aromatic carbocycles. The van der Waals surface area contributed by atoms with E-state index in [-0.39, 0.29) is 48.4 Å². The molecular formula is C35H39FN6O6. The molecule has 0 radical (unpaired) electrons. The normalized spacial score (nSPS) is 16.7. The average molecular weight is 659 g/mol. The van der Waals surface area contributed by atoms with E-state index in [2.05, 4.69) is 20.5 Å². The van der Waals surface area contributed by atoms with Crippen LogP contribution >= 0.6 is 0 Å². The second kappa shape index (κ2) is 16.1. The number of piperidine rings is 1. The molecular weight excluding hydrogens is 619 g/mol. The first-order valence-corrected chi connectivity index (χ1v) is 16.0. The Labute approximate surface area is 278 Å². The number of carbonyl (C=O) groups is 3. The van der Waals surface area contributed by atoms with Crippen molar-refractivity contribution in [2.75, 3.05) is 50.5 Å². The number of carbonyl (C=O) groups excluding carboxylic acids is 3. The van der Waals surface area contributed by atoms with E-state index in [1.54, 1.807) is 36.4 Å². The highest BCUT2D eigenvalue weighted by molar-refractivity contribution is 5.98. The number of pyridine rings is 1. The van der Waals surface area contributed by atoms with Crippen LogP contribution in [0.2, 0.25) is 0 Å². The Morgan fingerprint density at radius 1 is 1.08 bits per heavy atom. The predicted molar refractivity (Wildman–Crippen MR) is 175 cm³/mol. The molecule has 252 valence electrons. The zero-order valence-corrected chi connectivity index (χ0v) is 27.0. The maximum absolute atomic E-state index is 14.2. The largest absolute Gasteiger partial charge is 0.484 e. The lowest BCUT2D eigenvalue weighted by Crippen LogP contribution is -2.42. The number of hydrogen-bond acceptors (Lipinski definition) is 10. The molecule has 2 N–H and O–H groups in total. The number of rotatable bonds is 13. The van der Waals surface area contributed by atoms with Crippen LogP contribution in [0.25, 0.3) is 0 Å². The number of hydrogen-bond donors (Lipinski definition) is 2. The molecule has 5 rings (SSSR count). The van der Waals surface area contributed by atoms with E-state index in [0.29, 0.717) is 74.0 Å². The van der Waals surface area contributed by atoms with Crippen molar-refractivity contribution in [3.8, 4) is 17.7 Å². The standard InChI is InChI=1S/C35H39FN6O6/c1-3-42-26(9-12-34(42)44)20-38-30-18-24(35(45)46-2)8-10-29(30)40-32(43)21-41-15-13-27(14-16-41)48-33-6-4-5-25(39-33)22-47-31-11-7-23(19-37)17-28(31)36/h4-8,10-11,17-18,26-27,38H,3,9,12-16,20-22H2,1-2H3,(H,40,43). The minimum Gasteiger partial charge on any atom is -0.484 e. The Kier molecular flexibility index (Phi) is 11.4. The van der Waals surface area contributed by atoms with Gasteiger partial charge in [0.05, 0.1) is 47.9 Å². The maximum Gasteiger partial charge on any atom is 0.337 e. The summed E-state index contributed by atoms with van der Waals surface area (Å²) in [5, 5.41) is 15.2. The van der Waals surface area contributed by atoms with E-state index in [9.17, 15) is 18.8 Å². The van der Waals surface area contributed by atoms with Gasteiger partial charge in [-0.15, -0.1) is 0 Å². The van der Waals surface area contributed by atoms with Crippen molar-refractivity contribution in [3.63, 3.8) is 0 Å². The summed E-state index contributed by atoms with van der Waals surface area (Å²) in [6.45, 7) is 4.57. The number of benzene rings is 2. The third kappa shape index (κ3) is 8.77. The number of esters is 1. The van der Waals surface area contributed by atoms with Crippen molar-refractivity contribution in [1.29, 1.82) is 5.26 Å². The van der Waals surface area contributed by atoms with Crippen molar-refractivity contribution in [1.82, 2.24) is 14.8 Å². The van der Waals surface area contributed by atoms with Crippen LogP contribution in [0.1, 0.15) is 54.2 Å². The topological polar surface area (TPSA) is 146 Å². The van der Waals surface area contributed by atoms with Crippen LogP contribution in [0.3, 0.4) is 0 Å². The van der Waals surface area contributed by atoms with Crippen LogP contribution in [0, 0.1) is 17.1 Å². The van der Waals surface area contributed by atoms with Gasteiger partial charge in [-0.05, 0) is 68.7 Å². The number of nitrogens with one attached hydrogen (secondary N) is 2. The fourth-order valence-electron chi connectivity index (χ4n) is 5.90. The number of halogens is 1. The van der Waals surface area contributed by atoms with E-state index >= 15 is 0 Å². The lowest BCUT2D eigenvalue weighted by atomic mass is 10.1. The van der Waals surface area contributed by atoms with Crippen LogP contribution < -0.4 is 20.1 Å². The molecule has 2 amide bonds. The highest BCUT2D eigenvalue weighted by atomic mass is 19.1. The van der Waals surface area contributed by atoms with Gasteiger partial charge in [-0.3, -0.25) is 14.5 Å². The molecule has 48 heavy (non-hydrogen) atoms. The van der Waals surface area contributed by atoms with Gasteiger partial charge in [0.25, 0.3) is 0 Å². The first kappa shape index (κ1) is 34.1. The molecule has 2 saturated heterocycles. The summed E-state index contributed by atoms with van der Waals surface area (Å²) < 4.78 is 30.7. The Morgan fingerprint density at radius 3 is 2.62 bits per heavy atom. The number of ether oxygens (including phenoxy) is 3. The summed E-state index contributed by atoms with van der Waals surface area (Å²) >= 11 is 0. The summed E-state index contributed by atoms with van der Waals surface area (Å²) in [5.41, 5.74) is 2.25. The van der Waals surface area contributed by atoms with Crippen molar-refractivity contribution in [3.05, 3.63) is 77.2 Å². The van der Waals surface area contributed by atoms with Gasteiger partial charge in [0.1, 0.15) is 12.7 Å².